The molecule has 1 aromatic rings. The minimum absolute atomic E-state index is 0.0806. The lowest BCUT2D eigenvalue weighted by Crippen LogP contribution is -2.24. The molecule has 19 heavy (non-hydrogen) atoms. The average molecular weight is 325 g/mol. The fourth-order valence-electron chi connectivity index (χ4n) is 2.91. The Morgan fingerprint density at radius 3 is 2.79 bits per heavy atom. The highest BCUT2D eigenvalue weighted by Crippen LogP contribution is 2.30. The number of benzene rings is 1. The van der Waals surface area contributed by atoms with Gasteiger partial charge in [0, 0.05) is 29.3 Å². The molecule has 2 rings (SSSR count). The molecule has 1 saturated heterocycles. The van der Waals surface area contributed by atoms with Gasteiger partial charge in [-0.2, -0.15) is 0 Å². The maximum Gasteiger partial charge on any atom is 0.0377 e. The zero-order valence-corrected chi connectivity index (χ0v) is 13.6. The van der Waals surface area contributed by atoms with E-state index in [0.29, 0.717) is 0 Å². The van der Waals surface area contributed by atoms with E-state index in [9.17, 15) is 0 Å². The quantitative estimate of drug-likeness (QED) is 0.887. The molecule has 0 aromatic heterocycles. The molecule has 2 nitrogen and oxygen atoms in total. The molecular formula is C16H25BrN2. The molecule has 106 valence electrons. The molecule has 3 heteroatoms. The van der Waals surface area contributed by atoms with Gasteiger partial charge in [-0.25, -0.2) is 0 Å². The second kappa shape index (κ2) is 6.76. The number of halogens is 1. The second-order valence-corrected chi connectivity index (χ2v) is 6.54. The monoisotopic (exact) mass is 324 g/mol. The van der Waals surface area contributed by atoms with Crippen LogP contribution < -0.4 is 10.6 Å². The first-order chi connectivity index (χ1) is 9.11. The molecule has 2 atom stereocenters. The second-order valence-electron chi connectivity index (χ2n) is 5.69. The van der Waals surface area contributed by atoms with Gasteiger partial charge in [0.2, 0.25) is 0 Å². The summed E-state index contributed by atoms with van der Waals surface area (Å²) in [5.41, 5.74) is 8.47. The molecule has 0 bridgehead atoms. The van der Waals surface area contributed by atoms with Crippen molar-refractivity contribution in [1.82, 2.24) is 0 Å². The SMILES string of the molecule is CCC1CCCN(c2ccc([C@@H](C)N)c(Br)c2)CC1. The Balaban J connectivity index is 2.11. The summed E-state index contributed by atoms with van der Waals surface area (Å²) in [6.45, 7) is 6.70. The van der Waals surface area contributed by atoms with Gasteiger partial charge in [-0.05, 0) is 49.8 Å². The average Bonchev–Trinajstić information content (AvgIpc) is 2.63. The lowest BCUT2D eigenvalue weighted by Gasteiger charge is -2.24. The largest absolute Gasteiger partial charge is 0.371 e. The summed E-state index contributed by atoms with van der Waals surface area (Å²) in [5, 5.41) is 0. The first-order valence-corrected chi connectivity index (χ1v) is 8.21. The van der Waals surface area contributed by atoms with Crippen LogP contribution in [-0.4, -0.2) is 13.1 Å². The van der Waals surface area contributed by atoms with Gasteiger partial charge in [0.1, 0.15) is 0 Å². The Bertz CT molecular complexity index is 417. The highest BCUT2D eigenvalue weighted by molar-refractivity contribution is 9.10. The van der Waals surface area contributed by atoms with Crippen LogP contribution in [0.25, 0.3) is 0 Å². The summed E-state index contributed by atoms with van der Waals surface area (Å²) in [6.07, 6.45) is 5.33. The van der Waals surface area contributed by atoms with E-state index < -0.39 is 0 Å². The van der Waals surface area contributed by atoms with Crippen molar-refractivity contribution in [3.05, 3.63) is 28.2 Å². The molecule has 2 N–H and O–H groups in total. The molecule has 1 aromatic carbocycles. The van der Waals surface area contributed by atoms with Crippen LogP contribution >= 0.6 is 15.9 Å². The minimum Gasteiger partial charge on any atom is -0.371 e. The third-order valence-corrected chi connectivity index (χ3v) is 4.95. The molecule has 1 aliphatic heterocycles. The summed E-state index contributed by atoms with van der Waals surface area (Å²) in [7, 11) is 0. The van der Waals surface area contributed by atoms with Crippen LogP contribution in [0.15, 0.2) is 22.7 Å². The van der Waals surface area contributed by atoms with Gasteiger partial charge in [0.15, 0.2) is 0 Å². The van der Waals surface area contributed by atoms with E-state index in [1.165, 1.54) is 50.0 Å². The zero-order valence-electron chi connectivity index (χ0n) is 12.0. The van der Waals surface area contributed by atoms with Crippen molar-refractivity contribution >= 4 is 21.6 Å². The zero-order chi connectivity index (χ0) is 13.8. The fourth-order valence-corrected chi connectivity index (χ4v) is 3.64. The van der Waals surface area contributed by atoms with Crippen molar-refractivity contribution in [3.63, 3.8) is 0 Å². The Labute approximate surface area is 125 Å². The topological polar surface area (TPSA) is 29.3 Å². The van der Waals surface area contributed by atoms with Crippen LogP contribution in [0.3, 0.4) is 0 Å². The van der Waals surface area contributed by atoms with Gasteiger partial charge < -0.3 is 10.6 Å². The van der Waals surface area contributed by atoms with Gasteiger partial charge in [-0.3, -0.25) is 0 Å². The van der Waals surface area contributed by atoms with E-state index >= 15 is 0 Å². The minimum atomic E-state index is 0.0806. The van der Waals surface area contributed by atoms with Crippen molar-refractivity contribution in [2.75, 3.05) is 18.0 Å². The molecule has 1 heterocycles. The van der Waals surface area contributed by atoms with E-state index in [1.54, 1.807) is 0 Å². The van der Waals surface area contributed by atoms with E-state index in [4.69, 9.17) is 5.73 Å². The normalized spacial score (nSPS) is 22.1. The predicted molar refractivity (Wildman–Crippen MR) is 86.6 cm³/mol. The lowest BCUT2D eigenvalue weighted by molar-refractivity contribution is 0.459. The highest BCUT2D eigenvalue weighted by Gasteiger charge is 2.17. The molecule has 0 saturated carbocycles. The third-order valence-electron chi connectivity index (χ3n) is 4.26. The van der Waals surface area contributed by atoms with Crippen LogP contribution in [0.2, 0.25) is 0 Å². The maximum atomic E-state index is 5.96. The van der Waals surface area contributed by atoms with Gasteiger partial charge in [0.25, 0.3) is 0 Å². The van der Waals surface area contributed by atoms with E-state index in [1.807, 2.05) is 6.92 Å². The fraction of sp³-hybridized carbons (Fsp3) is 0.625. The van der Waals surface area contributed by atoms with Crippen molar-refractivity contribution in [2.24, 2.45) is 11.7 Å². The van der Waals surface area contributed by atoms with Gasteiger partial charge >= 0.3 is 0 Å². The van der Waals surface area contributed by atoms with E-state index in [2.05, 4.69) is 46.0 Å². The Morgan fingerprint density at radius 1 is 1.37 bits per heavy atom. The summed E-state index contributed by atoms with van der Waals surface area (Å²) >= 11 is 3.65. The smallest absolute Gasteiger partial charge is 0.0377 e. The maximum absolute atomic E-state index is 5.96. The van der Waals surface area contributed by atoms with E-state index in [0.717, 1.165) is 10.4 Å². The molecule has 0 spiro atoms. The Hall–Kier alpha value is -0.540. The van der Waals surface area contributed by atoms with Crippen molar-refractivity contribution in [3.8, 4) is 0 Å². The van der Waals surface area contributed by atoms with Gasteiger partial charge in [-0.15, -0.1) is 0 Å². The summed E-state index contributed by atoms with van der Waals surface area (Å²) < 4.78 is 1.14. The molecule has 0 radical (unpaired) electrons. The standard InChI is InChI=1S/C16H25BrN2/c1-3-13-5-4-9-19(10-8-13)14-6-7-15(12(2)18)16(17)11-14/h6-7,11-13H,3-5,8-10,18H2,1-2H3/t12-,13?/m1/s1. The van der Waals surface area contributed by atoms with Gasteiger partial charge in [0.05, 0.1) is 0 Å². The molecule has 1 fully saturated rings. The summed E-state index contributed by atoms with van der Waals surface area (Å²) in [6, 6.07) is 6.68. The number of nitrogens with zero attached hydrogens (tertiary/aromatic N) is 1. The Kier molecular flexibility index (Phi) is 5.28. The number of hydrogen-bond acceptors (Lipinski definition) is 2. The van der Waals surface area contributed by atoms with Crippen LogP contribution in [-0.2, 0) is 0 Å². The lowest BCUT2D eigenvalue weighted by atomic mass is 9.98. The van der Waals surface area contributed by atoms with Crippen molar-refractivity contribution in [1.29, 1.82) is 0 Å². The number of hydrogen-bond donors (Lipinski definition) is 1. The number of rotatable bonds is 3. The summed E-state index contributed by atoms with van der Waals surface area (Å²) in [5.74, 6) is 0.914. The van der Waals surface area contributed by atoms with Crippen LogP contribution in [0.4, 0.5) is 5.69 Å². The predicted octanol–water partition coefficient (Wildman–Crippen LogP) is 4.49. The first-order valence-electron chi connectivity index (χ1n) is 7.41. The molecule has 0 aliphatic carbocycles. The van der Waals surface area contributed by atoms with Crippen molar-refractivity contribution < 1.29 is 0 Å². The molecule has 0 amide bonds. The third kappa shape index (κ3) is 3.73. The van der Waals surface area contributed by atoms with E-state index in [-0.39, 0.29) is 6.04 Å². The van der Waals surface area contributed by atoms with Crippen LogP contribution in [0, 0.1) is 5.92 Å². The Morgan fingerprint density at radius 2 is 2.16 bits per heavy atom. The number of nitrogens with two attached hydrogens (primary N) is 1. The first kappa shape index (κ1) is 14.9. The number of anilines is 1. The highest BCUT2D eigenvalue weighted by atomic mass is 79.9. The van der Waals surface area contributed by atoms with Crippen LogP contribution in [0.5, 0.6) is 0 Å². The van der Waals surface area contributed by atoms with Crippen LogP contribution in [0.1, 0.15) is 51.1 Å². The molecular weight excluding hydrogens is 300 g/mol. The van der Waals surface area contributed by atoms with Crippen molar-refractivity contribution in [2.45, 2.75) is 45.6 Å². The molecule has 1 unspecified atom stereocenters. The molecule has 1 aliphatic rings. The van der Waals surface area contributed by atoms with Gasteiger partial charge in [-0.1, -0.05) is 35.3 Å². The summed E-state index contributed by atoms with van der Waals surface area (Å²) in [4.78, 5) is 2.52.